The molecule has 0 aromatic rings. The molecule has 1 unspecified atom stereocenters. The lowest BCUT2D eigenvalue weighted by Gasteiger charge is -2.50. The number of rotatable bonds is 0. The third kappa shape index (κ3) is 1.58. The Morgan fingerprint density at radius 1 is 1.36 bits per heavy atom. The van der Waals surface area contributed by atoms with Gasteiger partial charge in [-0.05, 0) is 38.8 Å². The number of halogens is 1. The van der Waals surface area contributed by atoms with Gasteiger partial charge in [-0.2, -0.15) is 0 Å². The van der Waals surface area contributed by atoms with E-state index in [0.29, 0.717) is 5.44 Å². The quantitative estimate of drug-likeness (QED) is 0.637. The summed E-state index contributed by atoms with van der Waals surface area (Å²) in [6, 6.07) is 0. The zero-order valence-corrected chi connectivity index (χ0v) is 10.2. The molecule has 0 aromatic carbocycles. The highest BCUT2D eigenvalue weighted by Gasteiger charge is 2.51. The van der Waals surface area contributed by atoms with Crippen LogP contribution in [0.25, 0.3) is 0 Å². The first-order chi connectivity index (χ1) is 6.28. The van der Waals surface area contributed by atoms with Crippen LogP contribution in [0.4, 0.5) is 0 Å². The van der Waals surface area contributed by atoms with Crippen LogP contribution in [0.3, 0.4) is 0 Å². The predicted molar refractivity (Wildman–Crippen MR) is 62.1 cm³/mol. The number of thioether (sulfide) groups is 1. The summed E-state index contributed by atoms with van der Waals surface area (Å²) in [4.78, 5) is 2.58. The number of piperidine rings is 3. The molecular formula is C10H18ClNOS. The monoisotopic (exact) mass is 235 g/mol. The molecule has 2 bridgehead atoms. The standard InChI is InChI=1S/C10H17NOS.ClH/c1-8-12-10(7-13-8)6-11-4-2-9(10)3-5-11;/h8-9H,2-7H2,1H3;1H/t8?,10-;/m0./s1. The maximum absolute atomic E-state index is 6.14. The number of fused-ring (bicyclic) bond motifs is 2. The van der Waals surface area contributed by atoms with Gasteiger partial charge in [0.25, 0.3) is 0 Å². The first kappa shape index (κ1) is 11.1. The van der Waals surface area contributed by atoms with E-state index >= 15 is 0 Å². The van der Waals surface area contributed by atoms with Crippen LogP contribution in [-0.4, -0.2) is 41.3 Å². The van der Waals surface area contributed by atoms with Gasteiger partial charge in [0.15, 0.2) is 0 Å². The smallest absolute Gasteiger partial charge is 0.101 e. The average molecular weight is 236 g/mol. The van der Waals surface area contributed by atoms with E-state index in [-0.39, 0.29) is 18.0 Å². The van der Waals surface area contributed by atoms with E-state index in [9.17, 15) is 0 Å². The highest BCUT2D eigenvalue weighted by atomic mass is 35.5. The van der Waals surface area contributed by atoms with Gasteiger partial charge in [-0.15, -0.1) is 24.2 Å². The molecule has 2 atom stereocenters. The summed E-state index contributed by atoms with van der Waals surface area (Å²) >= 11 is 1.99. The first-order valence-corrected chi connectivity index (χ1v) is 6.35. The van der Waals surface area contributed by atoms with Gasteiger partial charge in [-0.25, -0.2) is 0 Å². The summed E-state index contributed by atoms with van der Waals surface area (Å²) < 4.78 is 6.14. The fourth-order valence-electron chi connectivity index (χ4n) is 3.08. The minimum Gasteiger partial charge on any atom is -0.359 e. The Bertz CT molecular complexity index is 220. The zero-order valence-electron chi connectivity index (χ0n) is 8.57. The van der Waals surface area contributed by atoms with Crippen LogP contribution in [0.2, 0.25) is 0 Å². The fourth-order valence-corrected chi connectivity index (χ4v) is 4.25. The van der Waals surface area contributed by atoms with E-state index in [0.717, 1.165) is 5.92 Å². The average Bonchev–Trinajstić information content (AvgIpc) is 2.49. The van der Waals surface area contributed by atoms with Crippen molar-refractivity contribution >= 4 is 24.2 Å². The lowest BCUT2D eigenvalue weighted by molar-refractivity contribution is -0.133. The Labute approximate surface area is 96.2 Å². The molecule has 0 N–H and O–H groups in total. The van der Waals surface area contributed by atoms with Crippen molar-refractivity contribution in [3.8, 4) is 0 Å². The van der Waals surface area contributed by atoms with Crippen molar-refractivity contribution in [2.75, 3.05) is 25.4 Å². The molecule has 0 aliphatic carbocycles. The Kier molecular flexibility index (Phi) is 3.04. The minimum atomic E-state index is 0. The SMILES string of the molecule is CC1O[C@]2(CS1)CN1CCC2CC1.Cl. The van der Waals surface area contributed by atoms with Gasteiger partial charge in [0.1, 0.15) is 5.44 Å². The maximum Gasteiger partial charge on any atom is 0.101 e. The molecule has 82 valence electrons. The van der Waals surface area contributed by atoms with Crippen molar-refractivity contribution in [1.82, 2.24) is 4.90 Å². The molecule has 4 heteroatoms. The molecule has 4 aliphatic rings. The van der Waals surface area contributed by atoms with Crippen LogP contribution >= 0.6 is 24.2 Å². The molecule has 4 fully saturated rings. The summed E-state index contributed by atoms with van der Waals surface area (Å²) in [6.45, 7) is 6.02. The van der Waals surface area contributed by atoms with Gasteiger partial charge in [-0.1, -0.05) is 0 Å². The maximum atomic E-state index is 6.14. The van der Waals surface area contributed by atoms with E-state index in [1.165, 1.54) is 38.2 Å². The lowest BCUT2D eigenvalue weighted by atomic mass is 9.76. The van der Waals surface area contributed by atoms with Crippen molar-refractivity contribution in [1.29, 1.82) is 0 Å². The zero-order chi connectivity index (χ0) is 8.89. The summed E-state index contributed by atoms with van der Waals surface area (Å²) in [5.74, 6) is 2.09. The first-order valence-electron chi connectivity index (χ1n) is 5.30. The Balaban J connectivity index is 0.000000750. The van der Waals surface area contributed by atoms with Gasteiger partial charge >= 0.3 is 0 Å². The largest absolute Gasteiger partial charge is 0.359 e. The second-order valence-electron chi connectivity index (χ2n) is 4.61. The summed E-state index contributed by atoms with van der Waals surface area (Å²) in [5, 5.41) is 0. The van der Waals surface area contributed by atoms with E-state index in [1.54, 1.807) is 0 Å². The topological polar surface area (TPSA) is 12.5 Å². The third-order valence-electron chi connectivity index (χ3n) is 3.79. The number of hydrogen-bond donors (Lipinski definition) is 0. The van der Waals surface area contributed by atoms with E-state index in [1.807, 2.05) is 11.8 Å². The predicted octanol–water partition coefficient (Wildman–Crippen LogP) is 1.98. The summed E-state index contributed by atoms with van der Waals surface area (Å²) in [6.07, 6.45) is 2.74. The molecule has 4 heterocycles. The normalized spacial score (nSPS) is 50.8. The molecule has 1 spiro atoms. The van der Waals surface area contributed by atoms with E-state index < -0.39 is 0 Å². The molecule has 2 nitrogen and oxygen atoms in total. The number of nitrogens with zero attached hydrogens (tertiary/aromatic N) is 1. The van der Waals surface area contributed by atoms with Crippen LogP contribution < -0.4 is 0 Å². The molecule has 0 amide bonds. The Morgan fingerprint density at radius 3 is 2.50 bits per heavy atom. The van der Waals surface area contributed by atoms with Gasteiger partial charge in [-0.3, -0.25) is 0 Å². The van der Waals surface area contributed by atoms with Gasteiger partial charge in [0.2, 0.25) is 0 Å². The second-order valence-corrected chi connectivity index (χ2v) is 5.90. The molecule has 0 saturated carbocycles. The number of hydrogen-bond acceptors (Lipinski definition) is 3. The lowest BCUT2D eigenvalue weighted by Crippen LogP contribution is -2.60. The molecule has 4 saturated heterocycles. The third-order valence-corrected chi connectivity index (χ3v) is 5.01. The van der Waals surface area contributed by atoms with Crippen molar-refractivity contribution in [3.63, 3.8) is 0 Å². The van der Waals surface area contributed by atoms with Crippen LogP contribution in [0.5, 0.6) is 0 Å². The van der Waals surface area contributed by atoms with Crippen LogP contribution in [-0.2, 0) is 4.74 Å². The highest BCUT2D eigenvalue weighted by Crippen LogP contribution is 2.46. The van der Waals surface area contributed by atoms with Crippen LogP contribution in [0.1, 0.15) is 19.8 Å². The molecule has 4 aliphatic heterocycles. The Hall–Kier alpha value is 0.560. The summed E-state index contributed by atoms with van der Waals surface area (Å²) in [7, 11) is 0. The Morgan fingerprint density at radius 2 is 2.07 bits per heavy atom. The fraction of sp³-hybridized carbons (Fsp3) is 1.00. The van der Waals surface area contributed by atoms with Gasteiger partial charge in [0.05, 0.1) is 5.60 Å². The molecule has 0 aromatic heterocycles. The minimum absolute atomic E-state index is 0. The van der Waals surface area contributed by atoms with Crippen LogP contribution in [0, 0.1) is 5.92 Å². The van der Waals surface area contributed by atoms with Crippen molar-refractivity contribution in [3.05, 3.63) is 0 Å². The molecule has 0 radical (unpaired) electrons. The van der Waals surface area contributed by atoms with Gasteiger partial charge in [0, 0.05) is 12.3 Å². The van der Waals surface area contributed by atoms with Crippen LogP contribution in [0.15, 0.2) is 0 Å². The number of ether oxygens (including phenoxy) is 1. The molecular weight excluding hydrogens is 218 g/mol. The van der Waals surface area contributed by atoms with E-state index in [2.05, 4.69) is 11.8 Å². The van der Waals surface area contributed by atoms with E-state index in [4.69, 9.17) is 4.74 Å². The highest BCUT2D eigenvalue weighted by molar-refractivity contribution is 8.00. The molecule has 14 heavy (non-hydrogen) atoms. The summed E-state index contributed by atoms with van der Waals surface area (Å²) in [5.41, 5.74) is 0.682. The van der Waals surface area contributed by atoms with Crippen molar-refractivity contribution < 1.29 is 4.74 Å². The second kappa shape index (κ2) is 3.85. The van der Waals surface area contributed by atoms with Gasteiger partial charge < -0.3 is 9.64 Å². The van der Waals surface area contributed by atoms with Crippen molar-refractivity contribution in [2.24, 2.45) is 5.92 Å². The van der Waals surface area contributed by atoms with Crippen molar-refractivity contribution in [2.45, 2.75) is 30.8 Å². The molecule has 4 rings (SSSR count).